The first kappa shape index (κ1) is 18.6. The van der Waals surface area contributed by atoms with Crippen molar-refractivity contribution in [3.8, 4) is 0 Å². The molecule has 6 heteroatoms. The molecule has 1 aliphatic heterocycles. The fourth-order valence-corrected chi connectivity index (χ4v) is 4.27. The third kappa shape index (κ3) is 4.51. The van der Waals surface area contributed by atoms with E-state index in [1.54, 1.807) is 12.1 Å². The Kier molecular flexibility index (Phi) is 5.74. The van der Waals surface area contributed by atoms with Crippen LogP contribution in [0.15, 0.2) is 59.5 Å². The molecule has 0 aliphatic carbocycles. The summed E-state index contributed by atoms with van der Waals surface area (Å²) in [5.41, 5.74) is 1.30. The first-order chi connectivity index (χ1) is 12.5. The molecule has 2 aromatic carbocycles. The van der Waals surface area contributed by atoms with Crippen molar-refractivity contribution in [1.29, 1.82) is 0 Å². The number of carbonyl (C=O) groups excluding carboxylic acids is 1. The number of rotatable bonds is 5. The topological polar surface area (TPSA) is 66.5 Å². The van der Waals surface area contributed by atoms with Crippen LogP contribution in [0.4, 0.5) is 0 Å². The van der Waals surface area contributed by atoms with Gasteiger partial charge in [-0.3, -0.25) is 4.79 Å². The Labute approximate surface area is 155 Å². The average Bonchev–Trinajstić information content (AvgIpc) is 2.67. The van der Waals surface area contributed by atoms with E-state index in [9.17, 15) is 13.2 Å². The van der Waals surface area contributed by atoms with E-state index in [-0.39, 0.29) is 17.3 Å². The summed E-state index contributed by atoms with van der Waals surface area (Å²) >= 11 is 0. The van der Waals surface area contributed by atoms with E-state index in [1.165, 1.54) is 12.1 Å². The summed E-state index contributed by atoms with van der Waals surface area (Å²) in [6.45, 7) is 3.80. The number of nitrogens with one attached hydrogen (secondary N) is 1. The Morgan fingerprint density at radius 3 is 2.65 bits per heavy atom. The van der Waals surface area contributed by atoms with Gasteiger partial charge in [0.15, 0.2) is 0 Å². The molecule has 1 atom stereocenters. The predicted octanol–water partition coefficient (Wildman–Crippen LogP) is 3.04. The number of amides is 1. The van der Waals surface area contributed by atoms with Gasteiger partial charge in [0.2, 0.25) is 10.0 Å². The Hall–Kier alpha value is -2.18. The quantitative estimate of drug-likeness (QED) is 0.877. The van der Waals surface area contributed by atoms with E-state index in [0.717, 1.165) is 31.5 Å². The van der Waals surface area contributed by atoms with Crippen LogP contribution in [0.1, 0.15) is 35.7 Å². The summed E-state index contributed by atoms with van der Waals surface area (Å²) in [7, 11) is -3.68. The highest BCUT2D eigenvalue weighted by Gasteiger charge is 2.23. The minimum absolute atomic E-state index is 0.100. The molecule has 3 rings (SSSR count). The highest BCUT2D eigenvalue weighted by atomic mass is 32.2. The van der Waals surface area contributed by atoms with Crippen molar-refractivity contribution in [3.63, 3.8) is 0 Å². The standard InChI is InChI=1S/C20H24N2O3S/c1-16-7-6-12-22(15-16)20(23)18-10-5-11-19(13-18)26(24,25)21-14-17-8-3-2-4-9-17/h2-5,8-11,13,16,21H,6-7,12,14-15H2,1H3/t16-/m1/s1. The summed E-state index contributed by atoms with van der Waals surface area (Å²) < 4.78 is 27.7. The van der Waals surface area contributed by atoms with E-state index in [0.29, 0.717) is 11.5 Å². The van der Waals surface area contributed by atoms with Crippen LogP contribution in [0.5, 0.6) is 0 Å². The zero-order valence-electron chi connectivity index (χ0n) is 14.9. The zero-order valence-corrected chi connectivity index (χ0v) is 15.7. The van der Waals surface area contributed by atoms with Crippen LogP contribution < -0.4 is 4.72 Å². The summed E-state index contributed by atoms with van der Waals surface area (Å²) in [4.78, 5) is 14.6. The molecule has 2 aromatic rings. The van der Waals surface area contributed by atoms with Gasteiger partial charge in [0.25, 0.3) is 5.91 Å². The molecule has 0 aromatic heterocycles. The number of piperidine rings is 1. The highest BCUT2D eigenvalue weighted by Crippen LogP contribution is 2.19. The molecule has 1 fully saturated rings. The van der Waals surface area contributed by atoms with Crippen LogP contribution in [-0.4, -0.2) is 32.3 Å². The number of hydrogen-bond acceptors (Lipinski definition) is 3. The van der Waals surface area contributed by atoms with Crippen LogP contribution >= 0.6 is 0 Å². The molecule has 0 bridgehead atoms. The van der Waals surface area contributed by atoms with Crippen LogP contribution in [-0.2, 0) is 16.6 Å². The lowest BCUT2D eigenvalue weighted by Gasteiger charge is -2.31. The second kappa shape index (κ2) is 8.01. The molecule has 0 unspecified atom stereocenters. The maximum Gasteiger partial charge on any atom is 0.253 e. The van der Waals surface area contributed by atoms with E-state index in [2.05, 4.69) is 11.6 Å². The molecular weight excluding hydrogens is 348 g/mol. The molecule has 5 nitrogen and oxygen atoms in total. The van der Waals surface area contributed by atoms with Gasteiger partial charge >= 0.3 is 0 Å². The Morgan fingerprint density at radius 1 is 1.15 bits per heavy atom. The lowest BCUT2D eigenvalue weighted by molar-refractivity contribution is 0.0683. The zero-order chi connectivity index (χ0) is 18.6. The average molecular weight is 372 g/mol. The van der Waals surface area contributed by atoms with Crippen molar-refractivity contribution in [2.45, 2.75) is 31.2 Å². The van der Waals surface area contributed by atoms with Crippen LogP contribution in [0.3, 0.4) is 0 Å². The molecule has 1 amide bonds. The van der Waals surface area contributed by atoms with Crippen molar-refractivity contribution in [3.05, 3.63) is 65.7 Å². The van der Waals surface area contributed by atoms with E-state index in [1.807, 2.05) is 35.2 Å². The second-order valence-electron chi connectivity index (χ2n) is 6.84. The molecule has 1 N–H and O–H groups in total. The van der Waals surface area contributed by atoms with Crippen LogP contribution in [0.2, 0.25) is 0 Å². The van der Waals surface area contributed by atoms with Gasteiger partial charge in [0.1, 0.15) is 0 Å². The first-order valence-electron chi connectivity index (χ1n) is 8.88. The van der Waals surface area contributed by atoms with E-state index >= 15 is 0 Å². The van der Waals surface area contributed by atoms with Crippen LogP contribution in [0.25, 0.3) is 0 Å². The second-order valence-corrected chi connectivity index (χ2v) is 8.60. The van der Waals surface area contributed by atoms with Gasteiger partial charge < -0.3 is 4.90 Å². The molecule has 0 spiro atoms. The lowest BCUT2D eigenvalue weighted by Crippen LogP contribution is -2.39. The molecule has 1 aliphatic rings. The van der Waals surface area contributed by atoms with E-state index in [4.69, 9.17) is 0 Å². The lowest BCUT2D eigenvalue weighted by atomic mass is 9.99. The number of likely N-dealkylation sites (tertiary alicyclic amines) is 1. The van der Waals surface area contributed by atoms with Crippen molar-refractivity contribution < 1.29 is 13.2 Å². The molecule has 1 saturated heterocycles. The minimum Gasteiger partial charge on any atom is -0.338 e. The number of hydrogen-bond donors (Lipinski definition) is 1. The van der Waals surface area contributed by atoms with Crippen LogP contribution in [0, 0.1) is 5.92 Å². The first-order valence-corrected chi connectivity index (χ1v) is 10.4. The normalized spacial score (nSPS) is 17.9. The Morgan fingerprint density at radius 2 is 1.92 bits per heavy atom. The van der Waals surface area contributed by atoms with E-state index < -0.39 is 10.0 Å². The van der Waals surface area contributed by atoms with Crippen molar-refractivity contribution in [1.82, 2.24) is 9.62 Å². The predicted molar refractivity (Wildman–Crippen MR) is 101 cm³/mol. The molecule has 26 heavy (non-hydrogen) atoms. The third-order valence-electron chi connectivity index (χ3n) is 4.64. The van der Waals surface area contributed by atoms with Gasteiger partial charge in [0, 0.05) is 25.2 Å². The highest BCUT2D eigenvalue weighted by molar-refractivity contribution is 7.89. The monoisotopic (exact) mass is 372 g/mol. The van der Waals surface area contributed by atoms with Gasteiger partial charge in [-0.1, -0.05) is 43.3 Å². The maximum absolute atomic E-state index is 12.7. The molecule has 0 radical (unpaired) electrons. The number of nitrogens with zero attached hydrogens (tertiary/aromatic N) is 1. The van der Waals surface area contributed by atoms with Gasteiger partial charge in [0.05, 0.1) is 4.90 Å². The maximum atomic E-state index is 12.7. The summed E-state index contributed by atoms with van der Waals surface area (Å²) in [5.74, 6) is 0.379. The number of benzene rings is 2. The largest absolute Gasteiger partial charge is 0.338 e. The molecular formula is C20H24N2O3S. The minimum atomic E-state index is -3.68. The van der Waals surface area contributed by atoms with Gasteiger partial charge in [-0.05, 0) is 42.5 Å². The van der Waals surface area contributed by atoms with Gasteiger partial charge in [-0.25, -0.2) is 13.1 Å². The fraction of sp³-hybridized carbons (Fsp3) is 0.350. The van der Waals surface area contributed by atoms with Gasteiger partial charge in [-0.15, -0.1) is 0 Å². The Bertz CT molecular complexity index is 866. The summed E-state index contributed by atoms with van der Waals surface area (Å²) in [6.07, 6.45) is 2.12. The van der Waals surface area contributed by atoms with Gasteiger partial charge in [-0.2, -0.15) is 0 Å². The van der Waals surface area contributed by atoms with Crippen molar-refractivity contribution in [2.24, 2.45) is 5.92 Å². The molecule has 0 saturated carbocycles. The molecule has 1 heterocycles. The smallest absolute Gasteiger partial charge is 0.253 e. The van der Waals surface area contributed by atoms with Crippen molar-refractivity contribution in [2.75, 3.05) is 13.1 Å². The number of carbonyl (C=O) groups is 1. The Balaban J connectivity index is 1.74. The summed E-state index contributed by atoms with van der Waals surface area (Å²) in [6, 6.07) is 15.6. The van der Waals surface area contributed by atoms with Crippen molar-refractivity contribution >= 4 is 15.9 Å². The fourth-order valence-electron chi connectivity index (χ4n) is 3.21. The number of sulfonamides is 1. The SMILES string of the molecule is C[C@@H]1CCCN(C(=O)c2cccc(S(=O)(=O)NCc3ccccc3)c2)C1. The molecule has 138 valence electrons. The summed E-state index contributed by atoms with van der Waals surface area (Å²) in [5, 5.41) is 0. The third-order valence-corrected chi connectivity index (χ3v) is 6.04.